The van der Waals surface area contributed by atoms with Crippen molar-refractivity contribution in [3.63, 3.8) is 0 Å². The molecule has 2 aliphatic heterocycles. The van der Waals surface area contributed by atoms with E-state index in [9.17, 15) is 27.6 Å². The Morgan fingerprint density at radius 2 is 1.66 bits per heavy atom. The lowest BCUT2D eigenvalue weighted by molar-refractivity contribution is -0.154. The third-order valence-electron chi connectivity index (χ3n) is 6.85. The van der Waals surface area contributed by atoms with E-state index in [1.54, 1.807) is 81.4 Å². The number of fused-ring (bicyclic) bond motifs is 1. The van der Waals surface area contributed by atoms with Crippen molar-refractivity contribution >= 4 is 67.9 Å². The fraction of sp³-hybridized carbons (Fsp3) is 0.312. The molecule has 2 atom stereocenters. The number of carbonyl (C=O) groups excluding carboxylic acids is 4. The number of hydrogen-bond donors (Lipinski definition) is 2. The van der Waals surface area contributed by atoms with Crippen molar-refractivity contribution < 1.29 is 46.1 Å². The van der Waals surface area contributed by atoms with E-state index < -0.39 is 62.8 Å². The quantitative estimate of drug-likeness (QED) is 0.0952. The van der Waals surface area contributed by atoms with Gasteiger partial charge in [0.2, 0.25) is 0 Å². The molecular weight excluding hydrogens is 711 g/mol. The third kappa shape index (κ3) is 8.61. The average Bonchev–Trinajstić information content (AvgIpc) is 3.51. The van der Waals surface area contributed by atoms with Crippen LogP contribution in [0.5, 0.6) is 0 Å². The number of amides is 3. The lowest BCUT2D eigenvalue weighted by atomic mass is 10.0. The number of β-lactam (4-membered cyclic amide) rings is 1. The SMILES string of the molecule is CO/N=C(\C(=O)N[C@@H]1C(=O)N2C(C(=O)OC(c3ccccc3)c3ccccc3)=C(OS(C)(=O)=O)CS[C@H]12)c1csc(NC(=O)OC(C)(C)C)n1. The van der Waals surface area contributed by atoms with E-state index in [1.165, 1.54) is 12.5 Å². The normalized spacial score (nSPS) is 17.8. The zero-order chi connectivity index (χ0) is 36.2. The number of oxime groups is 1. The molecule has 3 heterocycles. The molecule has 15 nitrogen and oxygen atoms in total. The highest BCUT2D eigenvalue weighted by Crippen LogP contribution is 2.42. The predicted molar refractivity (Wildman–Crippen MR) is 184 cm³/mol. The summed E-state index contributed by atoms with van der Waals surface area (Å²) in [6.45, 7) is 5.11. The molecule has 1 saturated heterocycles. The number of hydrogen-bond acceptors (Lipinski definition) is 14. The number of nitrogens with one attached hydrogen (secondary N) is 2. The van der Waals surface area contributed by atoms with Gasteiger partial charge in [-0.1, -0.05) is 65.8 Å². The average molecular weight is 744 g/mol. The largest absolute Gasteiger partial charge is 0.448 e. The number of ether oxygens (including phenoxy) is 2. The monoisotopic (exact) mass is 743 g/mol. The van der Waals surface area contributed by atoms with E-state index in [1.807, 2.05) is 0 Å². The highest BCUT2D eigenvalue weighted by atomic mass is 32.2. The Hall–Kier alpha value is -4.94. The molecule has 18 heteroatoms. The number of anilines is 1. The summed E-state index contributed by atoms with van der Waals surface area (Å²) in [5, 5.41) is 9.60. The molecule has 1 fully saturated rings. The molecule has 0 aliphatic carbocycles. The number of thioether (sulfide) groups is 1. The molecule has 0 saturated carbocycles. The molecule has 0 spiro atoms. The van der Waals surface area contributed by atoms with Crippen LogP contribution in [0.1, 0.15) is 43.7 Å². The molecule has 0 bridgehead atoms. The highest BCUT2D eigenvalue weighted by Gasteiger charge is 2.56. The zero-order valence-electron chi connectivity index (χ0n) is 27.4. The molecule has 264 valence electrons. The number of aromatic nitrogens is 1. The van der Waals surface area contributed by atoms with Gasteiger partial charge in [-0.3, -0.25) is 19.8 Å². The van der Waals surface area contributed by atoms with Gasteiger partial charge in [-0.05, 0) is 31.9 Å². The Balaban J connectivity index is 1.37. The highest BCUT2D eigenvalue weighted by molar-refractivity contribution is 8.00. The number of nitrogens with zero attached hydrogens (tertiary/aromatic N) is 3. The van der Waals surface area contributed by atoms with Gasteiger partial charge in [0.1, 0.15) is 29.8 Å². The molecule has 2 aliphatic rings. The first-order valence-corrected chi connectivity index (χ1v) is 18.7. The summed E-state index contributed by atoms with van der Waals surface area (Å²) in [4.78, 5) is 63.3. The maximum atomic E-state index is 13.9. The van der Waals surface area contributed by atoms with E-state index in [4.69, 9.17) is 18.5 Å². The number of carbonyl (C=O) groups is 4. The minimum Gasteiger partial charge on any atom is -0.448 e. The Bertz CT molecular complexity index is 1900. The third-order valence-corrected chi connectivity index (χ3v) is 9.36. The second-order valence-corrected chi connectivity index (χ2v) is 15.4. The molecule has 5 rings (SSSR count). The van der Waals surface area contributed by atoms with Crippen molar-refractivity contribution in [1.82, 2.24) is 15.2 Å². The van der Waals surface area contributed by atoms with Crippen molar-refractivity contribution in [2.24, 2.45) is 5.16 Å². The molecule has 1 aromatic heterocycles. The van der Waals surface area contributed by atoms with Gasteiger partial charge in [0.05, 0.1) is 12.0 Å². The second kappa shape index (κ2) is 14.9. The van der Waals surface area contributed by atoms with Gasteiger partial charge in [-0.15, -0.1) is 23.1 Å². The molecular formula is C32H33N5O10S3. The van der Waals surface area contributed by atoms with Crippen molar-refractivity contribution in [3.05, 3.63) is 94.3 Å². The second-order valence-electron chi connectivity index (χ2n) is 11.8. The van der Waals surface area contributed by atoms with Gasteiger partial charge in [0, 0.05) is 5.38 Å². The molecule has 0 unspecified atom stereocenters. The van der Waals surface area contributed by atoms with Gasteiger partial charge in [-0.25, -0.2) is 14.6 Å². The molecule has 0 radical (unpaired) electrons. The maximum absolute atomic E-state index is 13.9. The van der Waals surface area contributed by atoms with Crippen LogP contribution in [0.25, 0.3) is 0 Å². The fourth-order valence-corrected chi connectivity index (χ4v) is 7.42. The summed E-state index contributed by atoms with van der Waals surface area (Å²) in [6.07, 6.45) is -0.832. The van der Waals surface area contributed by atoms with Gasteiger partial charge in [0.25, 0.3) is 11.8 Å². The van der Waals surface area contributed by atoms with Crippen LogP contribution in [0.3, 0.4) is 0 Å². The van der Waals surface area contributed by atoms with E-state index >= 15 is 0 Å². The van der Waals surface area contributed by atoms with E-state index in [2.05, 4.69) is 20.8 Å². The minimum absolute atomic E-state index is 0.0428. The fourth-order valence-electron chi connectivity index (χ4n) is 4.91. The smallest absolute Gasteiger partial charge is 0.413 e. The Kier molecular flexibility index (Phi) is 10.8. The van der Waals surface area contributed by atoms with Crippen LogP contribution >= 0.6 is 23.1 Å². The summed E-state index contributed by atoms with van der Waals surface area (Å²) >= 11 is 2.08. The van der Waals surface area contributed by atoms with Crippen molar-refractivity contribution in [1.29, 1.82) is 0 Å². The van der Waals surface area contributed by atoms with Gasteiger partial charge < -0.3 is 23.8 Å². The topological polar surface area (TPSA) is 192 Å². The maximum Gasteiger partial charge on any atom is 0.413 e. The number of esters is 1. The standard InChI is InChI=1S/C32H33N5O10S3/c1-32(2,3)46-31(41)35-30-33-20(16-49-30)22(36-44-4)26(38)34-23-27(39)37-24(21(17-48-28(23)37)47-50(5,42)43)29(40)45-25(18-12-8-6-9-13-18)19-14-10-7-11-15-19/h6-16,23,25,28H,17H2,1-5H3,(H,34,38)(H,33,35,41)/b36-22-/t23-,28-/m1/s1. The van der Waals surface area contributed by atoms with Crippen LogP contribution in [0.4, 0.5) is 9.93 Å². The molecule has 50 heavy (non-hydrogen) atoms. The lowest BCUT2D eigenvalue weighted by Crippen LogP contribution is -2.71. The summed E-state index contributed by atoms with van der Waals surface area (Å²) in [5.41, 5.74) is -0.121. The number of thiazole rings is 1. The lowest BCUT2D eigenvalue weighted by Gasteiger charge is -2.49. The Morgan fingerprint density at radius 1 is 1.04 bits per heavy atom. The van der Waals surface area contributed by atoms with Crippen LogP contribution in [-0.4, -0.2) is 84.0 Å². The van der Waals surface area contributed by atoms with Gasteiger partial charge in [-0.2, -0.15) is 8.42 Å². The van der Waals surface area contributed by atoms with Crippen LogP contribution in [0, 0.1) is 0 Å². The van der Waals surface area contributed by atoms with Crippen LogP contribution < -0.4 is 10.6 Å². The zero-order valence-corrected chi connectivity index (χ0v) is 29.9. The van der Waals surface area contributed by atoms with Crippen molar-refractivity contribution in [3.8, 4) is 0 Å². The van der Waals surface area contributed by atoms with Crippen LogP contribution in [0.2, 0.25) is 0 Å². The Morgan fingerprint density at radius 3 is 2.22 bits per heavy atom. The molecule has 2 N–H and O–H groups in total. The van der Waals surface area contributed by atoms with Gasteiger partial charge in [0.15, 0.2) is 28.4 Å². The van der Waals surface area contributed by atoms with E-state index in [0.29, 0.717) is 11.1 Å². The Labute approximate surface area is 296 Å². The minimum atomic E-state index is -4.11. The summed E-state index contributed by atoms with van der Waals surface area (Å²) in [6, 6.07) is 16.6. The van der Waals surface area contributed by atoms with Crippen LogP contribution in [0.15, 0.2) is 82.7 Å². The summed E-state index contributed by atoms with van der Waals surface area (Å²) in [5.74, 6) is -2.98. The molecule has 3 aromatic rings. The van der Waals surface area contributed by atoms with E-state index in [-0.39, 0.29) is 28.0 Å². The van der Waals surface area contributed by atoms with Crippen molar-refractivity contribution in [2.45, 2.75) is 43.9 Å². The summed E-state index contributed by atoms with van der Waals surface area (Å²) in [7, 11) is -2.89. The van der Waals surface area contributed by atoms with E-state index in [0.717, 1.165) is 34.3 Å². The van der Waals surface area contributed by atoms with Crippen molar-refractivity contribution in [2.75, 3.05) is 24.4 Å². The first-order valence-electron chi connectivity index (χ1n) is 14.9. The first kappa shape index (κ1) is 36.3. The van der Waals surface area contributed by atoms with Crippen LogP contribution in [-0.2, 0) is 43.0 Å². The molecule has 3 amide bonds. The van der Waals surface area contributed by atoms with Gasteiger partial charge >= 0.3 is 22.2 Å². The number of benzene rings is 2. The molecule has 2 aromatic carbocycles. The number of rotatable bonds is 11. The predicted octanol–water partition coefficient (Wildman–Crippen LogP) is 3.76. The summed E-state index contributed by atoms with van der Waals surface area (Å²) < 4.78 is 40.7. The first-order chi connectivity index (χ1) is 23.6.